The Morgan fingerprint density at radius 2 is 1.23 bits per heavy atom. The van der Waals surface area contributed by atoms with Gasteiger partial charge in [-0.2, -0.15) is 8.42 Å². The summed E-state index contributed by atoms with van der Waals surface area (Å²) in [6, 6.07) is 0. The second-order valence-corrected chi connectivity index (χ2v) is 4.77. The summed E-state index contributed by atoms with van der Waals surface area (Å²) in [7, 11) is -1.38. The van der Waals surface area contributed by atoms with Gasteiger partial charge in [0.25, 0.3) is 10.1 Å². The highest BCUT2D eigenvalue weighted by atomic mass is 32.2. The fourth-order valence-electron chi connectivity index (χ4n) is 0.671. The van der Waals surface area contributed by atoms with Gasteiger partial charge in [-0.1, -0.05) is 0 Å². The first-order valence-electron chi connectivity index (χ1n) is 4.44. The third-order valence-corrected chi connectivity index (χ3v) is 2.29. The zero-order chi connectivity index (χ0) is 11.1. The van der Waals surface area contributed by atoms with Gasteiger partial charge in [-0.05, 0) is 20.8 Å². The molecule has 0 aromatic carbocycles. The summed E-state index contributed by atoms with van der Waals surface area (Å²) in [4.78, 5) is 0. The van der Waals surface area contributed by atoms with Gasteiger partial charge in [-0.25, -0.2) is 0 Å². The maximum absolute atomic E-state index is 9.19. The van der Waals surface area contributed by atoms with Crippen molar-refractivity contribution in [2.75, 3.05) is 32.9 Å². The molecule has 0 aliphatic heterocycles. The predicted octanol–water partition coefficient (Wildman–Crippen LogP) is 0.997. The summed E-state index contributed by atoms with van der Waals surface area (Å²) in [5.41, 5.74) is 0. The molecule has 82 valence electrons. The first kappa shape index (κ1) is 15.3. The van der Waals surface area contributed by atoms with Crippen LogP contribution in [0.3, 0.4) is 0 Å². The lowest BCUT2D eigenvalue weighted by Gasteiger charge is -2.30. The molecule has 0 rings (SSSR count). The van der Waals surface area contributed by atoms with Crippen LogP contribution in [0.1, 0.15) is 20.8 Å². The number of quaternary nitrogens is 1. The molecule has 0 bridgehead atoms. The standard InChI is InChI=1S/C7H18N.CH4O3S/c1-5-8(4,6-2)7-3;1-5(2,3)4/h5-7H2,1-4H3;1H3,(H,2,3,4)/q+1;. The highest BCUT2D eigenvalue weighted by Gasteiger charge is 2.10. The molecule has 0 saturated carbocycles. The van der Waals surface area contributed by atoms with Crippen LogP contribution in [-0.2, 0) is 10.1 Å². The van der Waals surface area contributed by atoms with Crippen molar-refractivity contribution >= 4 is 10.1 Å². The molecular formula is C8H22NO3S+. The Kier molecular flexibility index (Phi) is 7.49. The van der Waals surface area contributed by atoms with Crippen LogP contribution < -0.4 is 0 Å². The number of rotatable bonds is 3. The van der Waals surface area contributed by atoms with E-state index >= 15 is 0 Å². The fourth-order valence-corrected chi connectivity index (χ4v) is 0.671. The van der Waals surface area contributed by atoms with E-state index in [-0.39, 0.29) is 0 Å². The molecule has 0 aliphatic carbocycles. The molecule has 0 aromatic rings. The van der Waals surface area contributed by atoms with Gasteiger partial charge >= 0.3 is 0 Å². The lowest BCUT2D eigenvalue weighted by atomic mass is 10.4. The average Bonchev–Trinajstić information content (AvgIpc) is 2.00. The second kappa shape index (κ2) is 6.34. The molecule has 0 atom stereocenters. The molecule has 5 heteroatoms. The number of hydrogen-bond acceptors (Lipinski definition) is 2. The maximum atomic E-state index is 9.19. The molecule has 0 fully saturated rings. The molecule has 0 saturated heterocycles. The zero-order valence-corrected chi connectivity index (χ0v) is 10.1. The molecule has 0 radical (unpaired) electrons. The molecule has 4 nitrogen and oxygen atoms in total. The molecule has 1 N–H and O–H groups in total. The Balaban J connectivity index is 0. The van der Waals surface area contributed by atoms with Crippen molar-refractivity contribution in [2.45, 2.75) is 20.8 Å². The van der Waals surface area contributed by atoms with Crippen molar-refractivity contribution in [1.82, 2.24) is 0 Å². The average molecular weight is 212 g/mol. The monoisotopic (exact) mass is 212 g/mol. The second-order valence-electron chi connectivity index (χ2n) is 3.30. The van der Waals surface area contributed by atoms with Crippen molar-refractivity contribution in [2.24, 2.45) is 0 Å². The van der Waals surface area contributed by atoms with Crippen LogP contribution in [0.15, 0.2) is 0 Å². The van der Waals surface area contributed by atoms with E-state index in [1.807, 2.05) is 0 Å². The molecule has 0 spiro atoms. The lowest BCUT2D eigenvalue weighted by molar-refractivity contribution is -0.904. The molecule has 0 amide bonds. The molecular weight excluding hydrogens is 190 g/mol. The molecule has 0 unspecified atom stereocenters. The van der Waals surface area contributed by atoms with E-state index < -0.39 is 10.1 Å². The van der Waals surface area contributed by atoms with Gasteiger partial charge in [0.1, 0.15) is 0 Å². The summed E-state index contributed by atoms with van der Waals surface area (Å²) in [5.74, 6) is 0. The Labute approximate surface area is 81.9 Å². The van der Waals surface area contributed by atoms with Crippen LogP contribution >= 0.6 is 0 Å². The van der Waals surface area contributed by atoms with Crippen LogP contribution in [0.5, 0.6) is 0 Å². The van der Waals surface area contributed by atoms with E-state index in [0.717, 1.165) is 0 Å². The third-order valence-electron chi connectivity index (χ3n) is 2.29. The minimum absolute atomic E-state index is 0.715. The summed E-state index contributed by atoms with van der Waals surface area (Å²) in [6.07, 6.45) is 0.715. The lowest BCUT2D eigenvalue weighted by Crippen LogP contribution is -2.42. The van der Waals surface area contributed by atoms with Crippen LogP contribution in [-0.4, -0.2) is 50.4 Å². The maximum Gasteiger partial charge on any atom is 0.261 e. The van der Waals surface area contributed by atoms with Gasteiger partial charge in [0.05, 0.1) is 32.9 Å². The largest absolute Gasteiger partial charge is 0.327 e. The van der Waals surface area contributed by atoms with E-state index in [1.165, 1.54) is 24.1 Å². The fraction of sp³-hybridized carbons (Fsp3) is 1.00. The summed E-state index contributed by atoms with van der Waals surface area (Å²) in [6.45, 7) is 10.5. The van der Waals surface area contributed by atoms with Crippen molar-refractivity contribution in [3.8, 4) is 0 Å². The summed E-state index contributed by atoms with van der Waals surface area (Å²) in [5, 5.41) is 0. The van der Waals surface area contributed by atoms with Gasteiger partial charge in [0, 0.05) is 0 Å². The predicted molar refractivity (Wildman–Crippen MR) is 55.3 cm³/mol. The van der Waals surface area contributed by atoms with Crippen LogP contribution in [0.2, 0.25) is 0 Å². The van der Waals surface area contributed by atoms with E-state index in [1.54, 1.807) is 0 Å². The Bertz CT molecular complexity index is 191. The van der Waals surface area contributed by atoms with Crippen molar-refractivity contribution in [3.05, 3.63) is 0 Å². The Morgan fingerprint density at radius 1 is 1.08 bits per heavy atom. The highest BCUT2D eigenvalue weighted by molar-refractivity contribution is 7.85. The Hall–Kier alpha value is -0.130. The summed E-state index contributed by atoms with van der Waals surface area (Å²) >= 11 is 0. The van der Waals surface area contributed by atoms with Crippen molar-refractivity contribution in [3.63, 3.8) is 0 Å². The van der Waals surface area contributed by atoms with Crippen molar-refractivity contribution in [1.29, 1.82) is 0 Å². The van der Waals surface area contributed by atoms with E-state index in [9.17, 15) is 8.42 Å². The van der Waals surface area contributed by atoms with Gasteiger partial charge < -0.3 is 4.48 Å². The first-order chi connectivity index (χ1) is 5.68. The number of nitrogens with zero attached hydrogens (tertiary/aromatic N) is 1. The first-order valence-corrected chi connectivity index (χ1v) is 6.29. The van der Waals surface area contributed by atoms with Gasteiger partial charge in [0.2, 0.25) is 0 Å². The van der Waals surface area contributed by atoms with E-state index in [2.05, 4.69) is 27.8 Å². The third kappa shape index (κ3) is 14.7. The number of hydrogen-bond donors (Lipinski definition) is 1. The zero-order valence-electron chi connectivity index (χ0n) is 9.24. The topological polar surface area (TPSA) is 54.4 Å². The van der Waals surface area contributed by atoms with E-state index in [0.29, 0.717) is 6.26 Å². The minimum atomic E-state index is -3.67. The summed E-state index contributed by atoms with van der Waals surface area (Å²) < 4.78 is 27.1. The van der Waals surface area contributed by atoms with Crippen LogP contribution in [0.25, 0.3) is 0 Å². The quantitative estimate of drug-likeness (QED) is 0.561. The smallest absolute Gasteiger partial charge is 0.261 e. The molecule has 13 heavy (non-hydrogen) atoms. The SMILES string of the molecule is CC[N+](C)(CC)CC.CS(=O)(=O)O. The van der Waals surface area contributed by atoms with Gasteiger partial charge in [-0.15, -0.1) is 0 Å². The highest BCUT2D eigenvalue weighted by Crippen LogP contribution is 1.97. The van der Waals surface area contributed by atoms with Crippen LogP contribution in [0.4, 0.5) is 0 Å². The molecule has 0 aliphatic rings. The van der Waals surface area contributed by atoms with E-state index in [4.69, 9.17) is 4.55 Å². The Morgan fingerprint density at radius 3 is 1.23 bits per heavy atom. The minimum Gasteiger partial charge on any atom is -0.327 e. The molecule has 0 heterocycles. The normalized spacial score (nSPS) is 11.8. The van der Waals surface area contributed by atoms with Crippen LogP contribution in [0, 0.1) is 0 Å². The van der Waals surface area contributed by atoms with Crippen molar-refractivity contribution < 1.29 is 17.5 Å². The van der Waals surface area contributed by atoms with Gasteiger partial charge in [-0.3, -0.25) is 4.55 Å². The molecule has 0 aromatic heterocycles. The van der Waals surface area contributed by atoms with Gasteiger partial charge in [0.15, 0.2) is 0 Å².